The Morgan fingerprint density at radius 3 is 3.11 bits per heavy atom. The van der Waals surface area contributed by atoms with Crippen molar-refractivity contribution in [1.29, 1.82) is 0 Å². The monoisotopic (exact) mass is 206 g/mol. The summed E-state index contributed by atoms with van der Waals surface area (Å²) in [7, 11) is 0. The Morgan fingerprint density at radius 2 is 2.67 bits per heavy atom. The highest BCUT2D eigenvalue weighted by molar-refractivity contribution is 9.08. The number of amides is 1. The molecule has 1 N–H and O–H groups in total. The van der Waals surface area contributed by atoms with Gasteiger partial charge in [0.2, 0.25) is 0 Å². The van der Waals surface area contributed by atoms with Crippen LogP contribution in [0.4, 0.5) is 0 Å². The van der Waals surface area contributed by atoms with Gasteiger partial charge < -0.3 is 0 Å². The van der Waals surface area contributed by atoms with Gasteiger partial charge in [-0.25, -0.2) is 0 Å². The van der Waals surface area contributed by atoms with Gasteiger partial charge in [-0.3, -0.25) is 9.14 Å². The maximum atomic E-state index is 10.7. The Balaban J connectivity index is 2.77. The first-order chi connectivity index (χ1) is 4.34. The van der Waals surface area contributed by atoms with Crippen LogP contribution in [0.15, 0.2) is 11.4 Å². The van der Waals surface area contributed by atoms with Gasteiger partial charge in [-0.15, -0.1) is 0 Å². The van der Waals surface area contributed by atoms with E-state index in [-0.39, 0.29) is 5.91 Å². The zero-order valence-electron chi connectivity index (χ0n) is 4.30. The van der Waals surface area contributed by atoms with Crippen LogP contribution >= 0.6 is 27.7 Å². The number of hydrogen-bond acceptors (Lipinski definition) is 3. The van der Waals surface area contributed by atoms with E-state index in [1.54, 1.807) is 11.4 Å². The van der Waals surface area contributed by atoms with E-state index in [4.69, 9.17) is 0 Å². The van der Waals surface area contributed by atoms with Crippen molar-refractivity contribution in [2.24, 2.45) is 0 Å². The maximum Gasteiger partial charge on any atom is 0.280 e. The molecule has 0 aromatic carbocycles. The second kappa shape index (κ2) is 2.93. The van der Waals surface area contributed by atoms with Crippen LogP contribution in [-0.2, 0) is 0 Å². The first-order valence-electron chi connectivity index (χ1n) is 2.16. The summed E-state index contributed by atoms with van der Waals surface area (Å²) in [6, 6.07) is 1.65. The molecule has 0 saturated carbocycles. The largest absolute Gasteiger partial charge is 0.287 e. The topological polar surface area (TPSA) is 42.0 Å². The van der Waals surface area contributed by atoms with Crippen molar-refractivity contribution in [3.05, 3.63) is 17.1 Å². The summed E-state index contributed by atoms with van der Waals surface area (Å²) in [4.78, 5) is 10.7. The highest BCUT2D eigenvalue weighted by Gasteiger charge is 2.03. The zero-order valence-corrected chi connectivity index (χ0v) is 6.70. The molecule has 0 spiro atoms. The molecule has 0 aliphatic heterocycles. The number of nitrogens with one attached hydrogen (secondary N) is 1. The van der Waals surface area contributed by atoms with E-state index in [2.05, 4.69) is 24.9 Å². The highest BCUT2D eigenvalue weighted by atomic mass is 79.9. The molecule has 1 heterocycles. The molecule has 1 aromatic heterocycles. The third kappa shape index (κ3) is 1.49. The van der Waals surface area contributed by atoms with Crippen molar-refractivity contribution >= 4 is 33.6 Å². The zero-order chi connectivity index (χ0) is 6.69. The molecule has 9 heavy (non-hydrogen) atoms. The Bertz CT molecular complexity index is 198. The lowest BCUT2D eigenvalue weighted by atomic mass is 10.4. The fraction of sp³-hybridized carbons (Fsp3) is 0. The minimum absolute atomic E-state index is 0.212. The average Bonchev–Trinajstić information content (AvgIpc) is 2.37. The van der Waals surface area contributed by atoms with Crippen LogP contribution in [0, 0.1) is 0 Å². The molecule has 0 aliphatic carbocycles. The fourth-order valence-electron chi connectivity index (χ4n) is 0.378. The number of hydrogen-bond donors (Lipinski definition) is 1. The van der Waals surface area contributed by atoms with E-state index in [0.717, 1.165) is 0 Å². The van der Waals surface area contributed by atoms with Gasteiger partial charge in [0.05, 0.1) is 0 Å². The summed E-state index contributed by atoms with van der Waals surface area (Å²) in [6.45, 7) is 0. The first-order valence-corrected chi connectivity index (χ1v) is 3.79. The molecule has 3 nitrogen and oxygen atoms in total. The number of halogens is 1. The van der Waals surface area contributed by atoms with E-state index in [1.807, 2.05) is 0 Å². The Kier molecular flexibility index (Phi) is 2.18. The molecule has 0 bridgehead atoms. The van der Waals surface area contributed by atoms with Crippen LogP contribution in [-0.4, -0.2) is 10.3 Å². The van der Waals surface area contributed by atoms with E-state index in [0.29, 0.717) is 5.69 Å². The van der Waals surface area contributed by atoms with E-state index in [1.165, 1.54) is 11.5 Å². The van der Waals surface area contributed by atoms with Gasteiger partial charge in [0, 0.05) is 21.5 Å². The Hall–Kier alpha value is -0.420. The Morgan fingerprint density at radius 1 is 1.89 bits per heavy atom. The second-order valence-corrected chi connectivity index (χ2v) is 2.37. The quantitative estimate of drug-likeness (QED) is 0.702. The summed E-state index contributed by atoms with van der Waals surface area (Å²) in [5.74, 6) is -0.212. The van der Waals surface area contributed by atoms with Gasteiger partial charge in [0.15, 0.2) is 0 Å². The predicted molar refractivity (Wildman–Crippen MR) is 38.5 cm³/mol. The SMILES string of the molecule is O=C(NBr)c1ccsn1. The van der Waals surface area contributed by atoms with Gasteiger partial charge in [0.25, 0.3) is 5.91 Å². The smallest absolute Gasteiger partial charge is 0.280 e. The summed E-state index contributed by atoms with van der Waals surface area (Å²) in [5, 5.41) is 1.75. The molecule has 0 radical (unpaired) electrons. The lowest BCUT2D eigenvalue weighted by Crippen LogP contribution is -2.11. The van der Waals surface area contributed by atoms with Crippen LogP contribution in [0.3, 0.4) is 0 Å². The predicted octanol–water partition coefficient (Wildman–Crippen LogP) is 1.18. The minimum Gasteiger partial charge on any atom is -0.287 e. The van der Waals surface area contributed by atoms with Crippen LogP contribution in [0.1, 0.15) is 10.5 Å². The van der Waals surface area contributed by atoms with Crippen LogP contribution < -0.4 is 4.34 Å². The molecule has 0 saturated heterocycles. The van der Waals surface area contributed by atoms with Gasteiger partial charge in [-0.2, -0.15) is 4.37 Å². The fourth-order valence-corrected chi connectivity index (χ4v) is 1.09. The van der Waals surface area contributed by atoms with Crippen LogP contribution in [0.5, 0.6) is 0 Å². The summed E-state index contributed by atoms with van der Waals surface area (Å²) >= 11 is 4.05. The van der Waals surface area contributed by atoms with Crippen molar-refractivity contribution < 1.29 is 4.79 Å². The number of carbonyl (C=O) groups excluding carboxylic acids is 1. The molecule has 0 aliphatic rings. The van der Waals surface area contributed by atoms with Crippen molar-refractivity contribution in [2.45, 2.75) is 0 Å². The molecule has 48 valence electrons. The summed E-state index contributed by atoms with van der Waals surface area (Å²) in [6.07, 6.45) is 0. The van der Waals surface area contributed by atoms with Gasteiger partial charge in [-0.1, -0.05) is 0 Å². The third-order valence-corrected chi connectivity index (χ3v) is 1.68. The maximum absolute atomic E-state index is 10.7. The summed E-state index contributed by atoms with van der Waals surface area (Å²) in [5.41, 5.74) is 0.442. The van der Waals surface area contributed by atoms with Crippen LogP contribution in [0.2, 0.25) is 0 Å². The molecule has 0 fully saturated rings. The molecule has 1 amide bonds. The number of carbonyl (C=O) groups is 1. The van der Waals surface area contributed by atoms with Gasteiger partial charge in [-0.05, 0) is 17.6 Å². The molecular formula is C4H3BrN2OS. The average molecular weight is 207 g/mol. The minimum atomic E-state index is -0.212. The summed E-state index contributed by atoms with van der Waals surface area (Å²) < 4.78 is 6.07. The third-order valence-electron chi connectivity index (χ3n) is 0.756. The molecule has 0 unspecified atom stereocenters. The van der Waals surface area contributed by atoms with Crippen molar-refractivity contribution in [1.82, 2.24) is 8.72 Å². The number of rotatable bonds is 1. The van der Waals surface area contributed by atoms with Gasteiger partial charge in [0.1, 0.15) is 5.69 Å². The molecule has 1 rings (SSSR count). The first kappa shape index (κ1) is 6.70. The lowest BCUT2D eigenvalue weighted by molar-refractivity contribution is 0.0983. The normalized spacial score (nSPS) is 9.00. The van der Waals surface area contributed by atoms with Crippen LogP contribution in [0.25, 0.3) is 0 Å². The molecule has 1 aromatic rings. The number of aromatic nitrogens is 1. The van der Waals surface area contributed by atoms with Crippen molar-refractivity contribution in [2.75, 3.05) is 0 Å². The standard InChI is InChI=1S/C4H3BrN2OS/c5-6-4(8)3-1-2-9-7-3/h1-2H,(H,6,8). The lowest BCUT2D eigenvalue weighted by Gasteiger charge is -1.87. The number of nitrogens with zero attached hydrogens (tertiary/aromatic N) is 1. The molecular weight excluding hydrogens is 204 g/mol. The van der Waals surface area contributed by atoms with E-state index in [9.17, 15) is 4.79 Å². The van der Waals surface area contributed by atoms with Crippen molar-refractivity contribution in [3.8, 4) is 0 Å². The second-order valence-electron chi connectivity index (χ2n) is 1.31. The van der Waals surface area contributed by atoms with Crippen molar-refractivity contribution in [3.63, 3.8) is 0 Å². The Labute approximate surface area is 64.6 Å². The van der Waals surface area contributed by atoms with E-state index < -0.39 is 0 Å². The highest BCUT2D eigenvalue weighted by Crippen LogP contribution is 1.98. The molecule has 0 atom stereocenters. The molecule has 5 heteroatoms. The van der Waals surface area contributed by atoms with E-state index >= 15 is 0 Å². The van der Waals surface area contributed by atoms with Gasteiger partial charge >= 0.3 is 0 Å².